The van der Waals surface area contributed by atoms with Crippen molar-refractivity contribution in [2.75, 3.05) is 37.7 Å². The van der Waals surface area contributed by atoms with Crippen LogP contribution in [0.15, 0.2) is 24.4 Å². The molecule has 19 heavy (non-hydrogen) atoms. The van der Waals surface area contributed by atoms with Gasteiger partial charge in [-0.2, -0.15) is 0 Å². The van der Waals surface area contributed by atoms with Crippen LogP contribution < -0.4 is 4.90 Å². The Bertz CT molecular complexity index is 389. The number of unbranched alkanes of at least 4 members (excludes halogenated alkanes) is 1. The molecular weight excluding hydrogens is 242 g/mol. The first-order valence-corrected chi connectivity index (χ1v) is 6.89. The van der Waals surface area contributed by atoms with Gasteiger partial charge in [-0.3, -0.25) is 0 Å². The quantitative estimate of drug-likeness (QED) is 0.781. The summed E-state index contributed by atoms with van der Waals surface area (Å²) >= 11 is 0. The zero-order valence-electron chi connectivity index (χ0n) is 11.4. The van der Waals surface area contributed by atoms with Crippen LogP contribution in [0.5, 0.6) is 0 Å². The monoisotopic (exact) mass is 263 g/mol. The van der Waals surface area contributed by atoms with E-state index in [2.05, 4.69) is 16.8 Å². The number of nitrogens with zero attached hydrogens (tertiary/aromatic N) is 3. The summed E-state index contributed by atoms with van der Waals surface area (Å²) in [5.74, 6) is 0.974. The van der Waals surface area contributed by atoms with E-state index in [1.807, 2.05) is 18.2 Å². The molecule has 1 aromatic rings. The standard InChI is InChI=1S/C14H21N3O2/c1-2-3-12-19-14(18)17-10-8-16(9-11-17)13-6-4-5-7-15-13/h4-7H,2-3,8-12H2,1H3. The van der Waals surface area contributed by atoms with Gasteiger partial charge in [-0.15, -0.1) is 0 Å². The van der Waals surface area contributed by atoms with Crippen LogP contribution in [0.3, 0.4) is 0 Å². The Morgan fingerprint density at radius 1 is 1.32 bits per heavy atom. The number of carbonyl (C=O) groups is 1. The molecule has 0 radical (unpaired) electrons. The minimum Gasteiger partial charge on any atom is -0.449 e. The van der Waals surface area contributed by atoms with E-state index in [4.69, 9.17) is 4.74 Å². The summed E-state index contributed by atoms with van der Waals surface area (Å²) in [5, 5.41) is 0. The fourth-order valence-electron chi connectivity index (χ4n) is 2.05. The summed E-state index contributed by atoms with van der Waals surface area (Å²) in [7, 11) is 0. The summed E-state index contributed by atoms with van der Waals surface area (Å²) in [4.78, 5) is 20.1. The van der Waals surface area contributed by atoms with Crippen molar-refractivity contribution < 1.29 is 9.53 Å². The highest BCUT2D eigenvalue weighted by molar-refractivity contribution is 5.68. The Balaban J connectivity index is 1.77. The van der Waals surface area contributed by atoms with Gasteiger partial charge in [-0.05, 0) is 18.6 Å². The molecule has 1 aromatic heterocycles. The highest BCUT2D eigenvalue weighted by Gasteiger charge is 2.22. The SMILES string of the molecule is CCCCOC(=O)N1CCN(c2ccccn2)CC1. The van der Waals surface area contributed by atoms with Gasteiger partial charge < -0.3 is 14.5 Å². The molecule has 104 valence electrons. The molecule has 1 aliphatic heterocycles. The van der Waals surface area contributed by atoms with Gasteiger partial charge in [0.2, 0.25) is 0 Å². The molecule has 2 heterocycles. The van der Waals surface area contributed by atoms with Crippen molar-refractivity contribution in [3.05, 3.63) is 24.4 Å². The summed E-state index contributed by atoms with van der Waals surface area (Å²) < 4.78 is 5.22. The number of ether oxygens (including phenoxy) is 1. The van der Waals surface area contributed by atoms with E-state index in [9.17, 15) is 4.79 Å². The Kier molecular flexibility index (Phi) is 5.01. The van der Waals surface area contributed by atoms with E-state index in [0.29, 0.717) is 19.7 Å². The Labute approximate surface area is 114 Å². The normalized spacial score (nSPS) is 15.4. The third-order valence-electron chi connectivity index (χ3n) is 3.23. The lowest BCUT2D eigenvalue weighted by atomic mass is 10.3. The zero-order chi connectivity index (χ0) is 13.5. The Hall–Kier alpha value is -1.78. The zero-order valence-corrected chi connectivity index (χ0v) is 11.4. The molecule has 0 atom stereocenters. The molecule has 1 amide bonds. The lowest BCUT2D eigenvalue weighted by Crippen LogP contribution is -2.49. The van der Waals surface area contributed by atoms with Crippen molar-refractivity contribution in [1.29, 1.82) is 0 Å². The van der Waals surface area contributed by atoms with Crippen molar-refractivity contribution in [2.45, 2.75) is 19.8 Å². The lowest BCUT2D eigenvalue weighted by molar-refractivity contribution is 0.0989. The van der Waals surface area contributed by atoms with Gasteiger partial charge in [0.05, 0.1) is 6.61 Å². The van der Waals surface area contributed by atoms with E-state index in [0.717, 1.165) is 31.7 Å². The fourth-order valence-corrected chi connectivity index (χ4v) is 2.05. The minimum absolute atomic E-state index is 0.186. The van der Waals surface area contributed by atoms with Crippen molar-refractivity contribution in [1.82, 2.24) is 9.88 Å². The van der Waals surface area contributed by atoms with Gasteiger partial charge in [-0.1, -0.05) is 19.4 Å². The molecule has 5 nitrogen and oxygen atoms in total. The fraction of sp³-hybridized carbons (Fsp3) is 0.571. The van der Waals surface area contributed by atoms with Gasteiger partial charge in [0.1, 0.15) is 5.82 Å². The van der Waals surface area contributed by atoms with Gasteiger partial charge >= 0.3 is 6.09 Å². The molecule has 5 heteroatoms. The molecule has 0 N–H and O–H groups in total. The van der Waals surface area contributed by atoms with Gasteiger partial charge in [0, 0.05) is 32.4 Å². The number of rotatable bonds is 4. The molecule has 0 unspecified atom stereocenters. The average Bonchev–Trinajstić information content (AvgIpc) is 2.48. The van der Waals surface area contributed by atoms with E-state index >= 15 is 0 Å². The molecule has 1 fully saturated rings. The number of hydrogen-bond donors (Lipinski definition) is 0. The van der Waals surface area contributed by atoms with Gasteiger partial charge in [0.15, 0.2) is 0 Å². The second-order valence-electron chi connectivity index (χ2n) is 4.63. The third kappa shape index (κ3) is 3.84. The van der Waals surface area contributed by atoms with E-state index in [-0.39, 0.29) is 6.09 Å². The van der Waals surface area contributed by atoms with Crippen LogP contribution in [0.1, 0.15) is 19.8 Å². The first-order valence-electron chi connectivity index (χ1n) is 6.89. The number of carbonyl (C=O) groups excluding carboxylic acids is 1. The Morgan fingerprint density at radius 2 is 2.11 bits per heavy atom. The predicted molar refractivity (Wildman–Crippen MR) is 74.3 cm³/mol. The number of pyridine rings is 1. The van der Waals surface area contributed by atoms with Crippen molar-refractivity contribution >= 4 is 11.9 Å². The summed E-state index contributed by atoms with van der Waals surface area (Å²) in [6, 6.07) is 5.88. The highest BCUT2D eigenvalue weighted by atomic mass is 16.6. The number of aromatic nitrogens is 1. The van der Waals surface area contributed by atoms with Crippen molar-refractivity contribution in [3.8, 4) is 0 Å². The molecule has 0 bridgehead atoms. The predicted octanol–water partition coefficient (Wildman–Crippen LogP) is 2.14. The minimum atomic E-state index is -0.186. The van der Waals surface area contributed by atoms with Crippen LogP contribution in [0.25, 0.3) is 0 Å². The van der Waals surface area contributed by atoms with Gasteiger partial charge in [0.25, 0.3) is 0 Å². The summed E-state index contributed by atoms with van der Waals surface area (Å²) in [6.07, 6.45) is 3.58. The smallest absolute Gasteiger partial charge is 0.409 e. The number of anilines is 1. The Morgan fingerprint density at radius 3 is 2.74 bits per heavy atom. The number of piperazine rings is 1. The summed E-state index contributed by atoms with van der Waals surface area (Å²) in [6.45, 7) is 5.61. The molecule has 0 aliphatic carbocycles. The molecule has 0 saturated carbocycles. The molecule has 1 aliphatic rings. The second kappa shape index (κ2) is 6.97. The van der Waals surface area contributed by atoms with Crippen molar-refractivity contribution in [3.63, 3.8) is 0 Å². The van der Waals surface area contributed by atoms with Crippen LogP contribution in [0, 0.1) is 0 Å². The maximum atomic E-state index is 11.8. The number of hydrogen-bond acceptors (Lipinski definition) is 4. The van der Waals surface area contributed by atoms with Crippen LogP contribution >= 0.6 is 0 Å². The van der Waals surface area contributed by atoms with E-state index in [1.54, 1.807) is 11.1 Å². The van der Waals surface area contributed by atoms with Crippen LogP contribution in [0.2, 0.25) is 0 Å². The summed E-state index contributed by atoms with van der Waals surface area (Å²) in [5.41, 5.74) is 0. The van der Waals surface area contributed by atoms with Crippen LogP contribution in [0.4, 0.5) is 10.6 Å². The van der Waals surface area contributed by atoms with E-state index < -0.39 is 0 Å². The largest absolute Gasteiger partial charge is 0.449 e. The highest BCUT2D eigenvalue weighted by Crippen LogP contribution is 2.13. The average molecular weight is 263 g/mol. The molecule has 2 rings (SSSR count). The van der Waals surface area contributed by atoms with Crippen molar-refractivity contribution in [2.24, 2.45) is 0 Å². The third-order valence-corrected chi connectivity index (χ3v) is 3.23. The maximum absolute atomic E-state index is 11.8. The van der Waals surface area contributed by atoms with Crippen LogP contribution in [-0.2, 0) is 4.74 Å². The first-order chi connectivity index (χ1) is 9.31. The van der Waals surface area contributed by atoms with Gasteiger partial charge in [-0.25, -0.2) is 9.78 Å². The topological polar surface area (TPSA) is 45.7 Å². The maximum Gasteiger partial charge on any atom is 0.409 e. The molecule has 0 spiro atoms. The molecular formula is C14H21N3O2. The van der Waals surface area contributed by atoms with Crippen LogP contribution in [-0.4, -0.2) is 48.8 Å². The second-order valence-corrected chi connectivity index (χ2v) is 4.63. The van der Waals surface area contributed by atoms with E-state index in [1.165, 1.54) is 0 Å². The molecule has 0 aromatic carbocycles. The molecule has 1 saturated heterocycles. The first kappa shape index (κ1) is 13.6. The number of amides is 1. The lowest BCUT2D eigenvalue weighted by Gasteiger charge is -2.34.